The van der Waals surface area contributed by atoms with Crippen LogP contribution in [-0.2, 0) is 0 Å². The number of aryl methyl sites for hydroxylation is 3. The van der Waals surface area contributed by atoms with Crippen LogP contribution in [0.3, 0.4) is 0 Å². The molecule has 0 radical (unpaired) electrons. The predicted molar refractivity (Wildman–Crippen MR) is 163 cm³/mol. The van der Waals surface area contributed by atoms with Crippen LogP contribution in [-0.4, -0.2) is 9.97 Å². The van der Waals surface area contributed by atoms with E-state index >= 15 is 0 Å². The fourth-order valence-corrected chi connectivity index (χ4v) is 5.23. The minimum atomic E-state index is 0.723. The number of aromatic nitrogens is 2. The van der Waals surface area contributed by atoms with Crippen molar-refractivity contribution in [3.05, 3.63) is 144 Å². The number of hydrogen-bond acceptors (Lipinski definition) is 2. The molecular weight excluding hydrogens is 472 g/mol. The van der Waals surface area contributed by atoms with Gasteiger partial charge in [-0.1, -0.05) is 108 Å². The Hall–Kier alpha value is -4.82. The summed E-state index contributed by atoms with van der Waals surface area (Å²) in [4.78, 5) is 9.27. The van der Waals surface area contributed by atoms with Crippen LogP contribution < -0.4 is 0 Å². The van der Waals surface area contributed by atoms with E-state index in [9.17, 15) is 0 Å². The van der Waals surface area contributed by atoms with E-state index in [1.807, 2.05) is 18.5 Å². The molecule has 1 aromatic heterocycles. The minimum Gasteiger partial charge on any atom is -0.237 e. The Morgan fingerprint density at radius 3 is 1.59 bits per heavy atom. The summed E-state index contributed by atoms with van der Waals surface area (Å²) >= 11 is 0. The fourth-order valence-electron chi connectivity index (χ4n) is 5.23. The van der Waals surface area contributed by atoms with Crippen molar-refractivity contribution in [3.8, 4) is 55.9 Å². The zero-order valence-electron chi connectivity index (χ0n) is 22.5. The lowest BCUT2D eigenvalue weighted by atomic mass is 9.91. The molecule has 2 heteroatoms. The van der Waals surface area contributed by atoms with E-state index < -0.39 is 0 Å². The average Bonchev–Trinajstić information content (AvgIpc) is 2.97. The van der Waals surface area contributed by atoms with E-state index in [-0.39, 0.29) is 0 Å². The largest absolute Gasteiger partial charge is 0.237 e. The molecule has 1 heterocycles. The summed E-state index contributed by atoms with van der Waals surface area (Å²) in [6.07, 6.45) is 3.62. The zero-order valence-corrected chi connectivity index (χ0v) is 22.5. The van der Waals surface area contributed by atoms with E-state index in [4.69, 9.17) is 0 Å². The van der Waals surface area contributed by atoms with Gasteiger partial charge in [0, 0.05) is 18.0 Å². The summed E-state index contributed by atoms with van der Waals surface area (Å²) in [7, 11) is 0. The van der Waals surface area contributed by atoms with Gasteiger partial charge in [-0.15, -0.1) is 0 Å². The highest BCUT2D eigenvalue weighted by Crippen LogP contribution is 2.37. The lowest BCUT2D eigenvalue weighted by Crippen LogP contribution is -1.93. The van der Waals surface area contributed by atoms with Crippen LogP contribution in [0.4, 0.5) is 0 Å². The Balaban J connectivity index is 1.46. The molecule has 39 heavy (non-hydrogen) atoms. The smallest absolute Gasteiger partial charge is 0.159 e. The highest BCUT2D eigenvalue weighted by molar-refractivity contribution is 5.87. The molecule has 0 amide bonds. The second-order valence-electron chi connectivity index (χ2n) is 10.2. The molecule has 188 valence electrons. The van der Waals surface area contributed by atoms with Crippen LogP contribution in [0.1, 0.15) is 16.7 Å². The SMILES string of the molecule is Cc1ccc(-c2cccc(-c3ccc(-c4cccc(-c5cc(C)cc(C)c5)c4)c(-c4ncccn4)c3)c2)cc1. The highest BCUT2D eigenvalue weighted by Gasteiger charge is 2.13. The molecule has 0 unspecified atom stereocenters. The summed E-state index contributed by atoms with van der Waals surface area (Å²) in [5.41, 5.74) is 14.2. The highest BCUT2D eigenvalue weighted by atomic mass is 14.9. The molecule has 0 bridgehead atoms. The van der Waals surface area contributed by atoms with Gasteiger partial charge in [-0.05, 0) is 89.5 Å². The second-order valence-corrected chi connectivity index (χ2v) is 10.2. The van der Waals surface area contributed by atoms with Crippen molar-refractivity contribution in [1.29, 1.82) is 0 Å². The van der Waals surface area contributed by atoms with Crippen LogP contribution in [0, 0.1) is 20.8 Å². The van der Waals surface area contributed by atoms with Gasteiger partial charge in [-0.3, -0.25) is 0 Å². The van der Waals surface area contributed by atoms with E-state index in [1.54, 1.807) is 0 Å². The molecule has 6 rings (SSSR count). The van der Waals surface area contributed by atoms with Gasteiger partial charge >= 0.3 is 0 Å². The molecule has 2 nitrogen and oxygen atoms in total. The summed E-state index contributed by atoms with van der Waals surface area (Å²) in [6.45, 7) is 6.42. The van der Waals surface area contributed by atoms with Crippen molar-refractivity contribution in [3.63, 3.8) is 0 Å². The first-order valence-electron chi connectivity index (χ1n) is 13.3. The van der Waals surface area contributed by atoms with Gasteiger partial charge < -0.3 is 0 Å². The Bertz CT molecular complexity index is 1750. The van der Waals surface area contributed by atoms with Crippen molar-refractivity contribution >= 4 is 0 Å². The molecule has 0 aliphatic carbocycles. The maximum Gasteiger partial charge on any atom is 0.159 e. The first-order valence-corrected chi connectivity index (χ1v) is 13.3. The van der Waals surface area contributed by atoms with Crippen molar-refractivity contribution in [1.82, 2.24) is 9.97 Å². The number of benzene rings is 5. The monoisotopic (exact) mass is 502 g/mol. The summed E-state index contributed by atoms with van der Waals surface area (Å²) < 4.78 is 0. The van der Waals surface area contributed by atoms with Gasteiger partial charge in [0.05, 0.1) is 0 Å². The van der Waals surface area contributed by atoms with Crippen LogP contribution in [0.5, 0.6) is 0 Å². The normalized spacial score (nSPS) is 10.9. The second kappa shape index (κ2) is 10.5. The molecule has 0 saturated heterocycles. The zero-order chi connectivity index (χ0) is 26.8. The van der Waals surface area contributed by atoms with Gasteiger partial charge in [0.25, 0.3) is 0 Å². The Morgan fingerprint density at radius 1 is 0.359 bits per heavy atom. The van der Waals surface area contributed by atoms with Gasteiger partial charge in [0.15, 0.2) is 5.82 Å². The predicted octanol–water partition coefficient (Wildman–Crippen LogP) is 9.74. The van der Waals surface area contributed by atoms with Crippen molar-refractivity contribution in [2.75, 3.05) is 0 Å². The van der Waals surface area contributed by atoms with Crippen LogP contribution in [0.25, 0.3) is 55.9 Å². The van der Waals surface area contributed by atoms with Crippen molar-refractivity contribution < 1.29 is 0 Å². The lowest BCUT2D eigenvalue weighted by Gasteiger charge is -2.14. The number of nitrogens with zero attached hydrogens (tertiary/aromatic N) is 2. The minimum absolute atomic E-state index is 0.723. The molecule has 0 N–H and O–H groups in total. The fraction of sp³-hybridized carbons (Fsp3) is 0.0811. The van der Waals surface area contributed by atoms with E-state index in [0.29, 0.717) is 0 Å². The van der Waals surface area contributed by atoms with Gasteiger partial charge in [0.2, 0.25) is 0 Å². The third-order valence-corrected chi connectivity index (χ3v) is 7.14. The molecule has 0 saturated carbocycles. The Morgan fingerprint density at radius 2 is 0.897 bits per heavy atom. The Labute approximate surface area is 230 Å². The topological polar surface area (TPSA) is 25.8 Å². The molecule has 0 aliphatic rings. The summed E-state index contributed by atoms with van der Waals surface area (Å²) in [6, 6.07) is 41.4. The lowest BCUT2D eigenvalue weighted by molar-refractivity contribution is 1.18. The van der Waals surface area contributed by atoms with Gasteiger partial charge in [0.1, 0.15) is 0 Å². The van der Waals surface area contributed by atoms with Gasteiger partial charge in [-0.25, -0.2) is 9.97 Å². The summed E-state index contributed by atoms with van der Waals surface area (Å²) in [5, 5.41) is 0. The van der Waals surface area contributed by atoms with E-state index in [0.717, 1.165) is 28.1 Å². The molecular formula is C37H30N2. The third kappa shape index (κ3) is 5.28. The molecule has 0 fully saturated rings. The van der Waals surface area contributed by atoms with Gasteiger partial charge in [-0.2, -0.15) is 0 Å². The molecule has 0 spiro atoms. The average molecular weight is 503 g/mol. The van der Waals surface area contributed by atoms with Crippen LogP contribution in [0.2, 0.25) is 0 Å². The molecule has 6 aromatic rings. The quantitative estimate of drug-likeness (QED) is 0.234. The molecule has 5 aromatic carbocycles. The van der Waals surface area contributed by atoms with Crippen molar-refractivity contribution in [2.45, 2.75) is 20.8 Å². The maximum atomic E-state index is 4.64. The first kappa shape index (κ1) is 24.5. The third-order valence-electron chi connectivity index (χ3n) is 7.14. The molecule has 0 atom stereocenters. The molecule has 0 aliphatic heterocycles. The van der Waals surface area contributed by atoms with E-state index in [2.05, 4.69) is 140 Å². The van der Waals surface area contributed by atoms with Crippen LogP contribution in [0.15, 0.2) is 128 Å². The van der Waals surface area contributed by atoms with E-state index in [1.165, 1.54) is 44.5 Å². The Kier molecular flexibility index (Phi) is 6.61. The maximum absolute atomic E-state index is 4.64. The van der Waals surface area contributed by atoms with Crippen molar-refractivity contribution in [2.24, 2.45) is 0 Å². The standard InChI is InChI=1S/C37H30N2/c1-25-11-13-28(14-12-25)29-7-4-8-30(22-29)32-15-16-35(36(24-32)37-38-17-6-18-39-37)33-10-5-9-31(23-33)34-20-26(2)19-27(3)21-34/h4-24H,1-3H3. The number of hydrogen-bond donors (Lipinski definition) is 0. The first-order chi connectivity index (χ1) is 19.0. The number of rotatable bonds is 5. The van der Waals surface area contributed by atoms with Crippen LogP contribution >= 0.6 is 0 Å². The summed E-state index contributed by atoms with van der Waals surface area (Å²) in [5.74, 6) is 0.723.